The first-order chi connectivity index (χ1) is 9.22. The topological polar surface area (TPSA) is 21.3 Å². The van der Waals surface area contributed by atoms with E-state index in [1.807, 2.05) is 24.3 Å². The highest BCUT2D eigenvalue weighted by atomic mass is 19.1. The van der Waals surface area contributed by atoms with Crippen LogP contribution in [-0.2, 0) is 13.0 Å². The van der Waals surface area contributed by atoms with Crippen molar-refractivity contribution in [3.63, 3.8) is 0 Å². The van der Waals surface area contributed by atoms with Gasteiger partial charge >= 0.3 is 0 Å². The second kappa shape index (κ2) is 4.92. The summed E-state index contributed by atoms with van der Waals surface area (Å²) in [5.74, 6) is 0.835. The average molecular weight is 257 g/mol. The van der Waals surface area contributed by atoms with Crippen LogP contribution in [0.15, 0.2) is 36.4 Å². The number of aryl methyl sites for hydroxylation is 1. The maximum Gasteiger partial charge on any atom is 0.126 e. The molecule has 0 aliphatic carbocycles. The van der Waals surface area contributed by atoms with Crippen molar-refractivity contribution >= 4 is 5.69 Å². The molecule has 98 valence electrons. The fraction of sp³-hybridized carbons (Fsp3) is 0.250. The summed E-state index contributed by atoms with van der Waals surface area (Å²) in [6.45, 7) is 3.25. The van der Waals surface area contributed by atoms with Crippen molar-refractivity contribution in [3.05, 3.63) is 58.9 Å². The summed E-state index contributed by atoms with van der Waals surface area (Å²) in [6, 6.07) is 11.3. The molecule has 0 fully saturated rings. The van der Waals surface area contributed by atoms with E-state index in [2.05, 4.69) is 11.4 Å². The molecular formula is C16H16FNO. The predicted molar refractivity (Wildman–Crippen MR) is 74.1 cm³/mol. The van der Waals surface area contributed by atoms with E-state index in [-0.39, 0.29) is 5.82 Å². The molecule has 1 heterocycles. The third kappa shape index (κ3) is 2.55. The Morgan fingerprint density at radius 3 is 2.95 bits per heavy atom. The molecule has 3 heteroatoms. The molecule has 0 unspecified atom stereocenters. The van der Waals surface area contributed by atoms with Crippen LogP contribution >= 0.6 is 0 Å². The largest absolute Gasteiger partial charge is 0.493 e. The molecule has 0 aromatic heterocycles. The summed E-state index contributed by atoms with van der Waals surface area (Å²) < 4.78 is 18.7. The third-order valence-electron chi connectivity index (χ3n) is 3.41. The van der Waals surface area contributed by atoms with Gasteiger partial charge in [0.1, 0.15) is 11.6 Å². The second-order valence-electron chi connectivity index (χ2n) is 4.86. The van der Waals surface area contributed by atoms with Gasteiger partial charge in [-0.1, -0.05) is 12.1 Å². The minimum Gasteiger partial charge on any atom is -0.493 e. The number of benzene rings is 2. The zero-order valence-electron chi connectivity index (χ0n) is 10.9. The molecule has 0 spiro atoms. The molecule has 2 aromatic carbocycles. The van der Waals surface area contributed by atoms with Crippen LogP contribution in [0.25, 0.3) is 0 Å². The summed E-state index contributed by atoms with van der Waals surface area (Å²) >= 11 is 0. The quantitative estimate of drug-likeness (QED) is 0.905. The zero-order valence-corrected chi connectivity index (χ0v) is 10.9. The molecule has 19 heavy (non-hydrogen) atoms. The molecule has 3 rings (SSSR count). The second-order valence-corrected chi connectivity index (χ2v) is 4.86. The smallest absolute Gasteiger partial charge is 0.126 e. The van der Waals surface area contributed by atoms with E-state index in [0.29, 0.717) is 12.1 Å². The summed E-state index contributed by atoms with van der Waals surface area (Å²) in [5.41, 5.74) is 4.09. The lowest BCUT2D eigenvalue weighted by molar-refractivity contribution is 0.357. The van der Waals surface area contributed by atoms with Crippen LogP contribution < -0.4 is 10.1 Å². The van der Waals surface area contributed by atoms with Crippen molar-refractivity contribution < 1.29 is 9.13 Å². The maximum absolute atomic E-state index is 13.2. The fourth-order valence-corrected chi connectivity index (χ4v) is 2.32. The molecule has 0 radical (unpaired) electrons. The number of halogens is 1. The number of ether oxygens (including phenoxy) is 1. The Balaban J connectivity index is 1.70. The highest BCUT2D eigenvalue weighted by molar-refractivity contribution is 5.52. The number of rotatable bonds is 3. The van der Waals surface area contributed by atoms with Gasteiger partial charge in [0.25, 0.3) is 0 Å². The minimum absolute atomic E-state index is 0.154. The minimum atomic E-state index is -0.154. The van der Waals surface area contributed by atoms with Crippen molar-refractivity contribution in [1.82, 2.24) is 0 Å². The van der Waals surface area contributed by atoms with E-state index >= 15 is 0 Å². The number of anilines is 1. The van der Waals surface area contributed by atoms with Gasteiger partial charge in [-0.3, -0.25) is 0 Å². The van der Waals surface area contributed by atoms with Gasteiger partial charge in [0.15, 0.2) is 0 Å². The van der Waals surface area contributed by atoms with Crippen LogP contribution in [0.4, 0.5) is 10.1 Å². The standard InChI is InChI=1S/C16H16FNO/c1-11-8-12(2-4-15(11)17)10-18-14-3-5-16-13(9-14)6-7-19-16/h2-5,8-9,18H,6-7,10H2,1H3. The van der Waals surface area contributed by atoms with Crippen molar-refractivity contribution in [1.29, 1.82) is 0 Å². The Kier molecular flexibility index (Phi) is 3.11. The molecule has 2 nitrogen and oxygen atoms in total. The van der Waals surface area contributed by atoms with Crippen molar-refractivity contribution in [2.45, 2.75) is 19.9 Å². The molecule has 0 saturated carbocycles. The van der Waals surface area contributed by atoms with Crippen molar-refractivity contribution in [2.75, 3.05) is 11.9 Å². The average Bonchev–Trinajstić information content (AvgIpc) is 2.87. The SMILES string of the molecule is Cc1cc(CNc2ccc3c(c2)CCO3)ccc1F. The Hall–Kier alpha value is -2.03. The molecule has 1 aliphatic heterocycles. The van der Waals surface area contributed by atoms with Gasteiger partial charge < -0.3 is 10.1 Å². The first kappa shape index (κ1) is 12.0. The Labute approximate surface area is 112 Å². The number of nitrogens with one attached hydrogen (secondary N) is 1. The molecule has 2 aromatic rings. The van der Waals surface area contributed by atoms with Crippen molar-refractivity contribution in [2.24, 2.45) is 0 Å². The van der Waals surface area contributed by atoms with Gasteiger partial charge in [-0.2, -0.15) is 0 Å². The van der Waals surface area contributed by atoms with Crippen LogP contribution in [0.3, 0.4) is 0 Å². The Morgan fingerprint density at radius 2 is 2.11 bits per heavy atom. The summed E-state index contributed by atoms with van der Waals surface area (Å²) in [6.07, 6.45) is 0.973. The molecule has 1 aliphatic rings. The summed E-state index contributed by atoms with van der Waals surface area (Å²) in [5, 5.41) is 3.36. The number of hydrogen-bond acceptors (Lipinski definition) is 2. The van der Waals surface area contributed by atoms with Crippen LogP contribution in [0.5, 0.6) is 5.75 Å². The lowest BCUT2D eigenvalue weighted by Gasteiger charge is -2.09. The number of hydrogen-bond donors (Lipinski definition) is 1. The van der Waals surface area contributed by atoms with Gasteiger partial charge in [-0.25, -0.2) is 4.39 Å². The van der Waals surface area contributed by atoms with Crippen LogP contribution in [0.1, 0.15) is 16.7 Å². The monoisotopic (exact) mass is 257 g/mol. The van der Waals surface area contributed by atoms with Crippen LogP contribution in [0, 0.1) is 12.7 Å². The van der Waals surface area contributed by atoms with Gasteiger partial charge in [0.05, 0.1) is 6.61 Å². The molecule has 0 amide bonds. The highest BCUT2D eigenvalue weighted by Crippen LogP contribution is 2.28. The molecule has 1 N–H and O–H groups in total. The summed E-state index contributed by atoms with van der Waals surface area (Å²) in [7, 11) is 0. The lowest BCUT2D eigenvalue weighted by atomic mass is 10.1. The van der Waals surface area contributed by atoms with E-state index < -0.39 is 0 Å². The zero-order chi connectivity index (χ0) is 13.2. The molecule has 0 saturated heterocycles. The molecular weight excluding hydrogens is 241 g/mol. The van der Waals surface area contributed by atoms with Gasteiger partial charge in [-0.05, 0) is 47.9 Å². The third-order valence-corrected chi connectivity index (χ3v) is 3.41. The first-order valence-corrected chi connectivity index (χ1v) is 6.47. The Bertz CT molecular complexity index is 610. The predicted octanol–water partition coefficient (Wildman–Crippen LogP) is 3.68. The van der Waals surface area contributed by atoms with E-state index in [1.54, 1.807) is 6.92 Å². The first-order valence-electron chi connectivity index (χ1n) is 6.47. The fourth-order valence-electron chi connectivity index (χ4n) is 2.32. The summed E-state index contributed by atoms with van der Waals surface area (Å²) in [4.78, 5) is 0. The number of fused-ring (bicyclic) bond motifs is 1. The highest BCUT2D eigenvalue weighted by Gasteiger charge is 2.11. The van der Waals surface area contributed by atoms with E-state index in [0.717, 1.165) is 30.0 Å². The Morgan fingerprint density at radius 1 is 1.21 bits per heavy atom. The van der Waals surface area contributed by atoms with E-state index in [4.69, 9.17) is 4.74 Å². The van der Waals surface area contributed by atoms with Gasteiger partial charge in [0.2, 0.25) is 0 Å². The van der Waals surface area contributed by atoms with Gasteiger partial charge in [0, 0.05) is 18.7 Å². The normalized spacial score (nSPS) is 12.9. The van der Waals surface area contributed by atoms with E-state index in [1.165, 1.54) is 11.6 Å². The van der Waals surface area contributed by atoms with Crippen molar-refractivity contribution in [3.8, 4) is 5.75 Å². The lowest BCUT2D eigenvalue weighted by Crippen LogP contribution is -2.00. The van der Waals surface area contributed by atoms with Gasteiger partial charge in [-0.15, -0.1) is 0 Å². The molecule has 0 bridgehead atoms. The molecule has 0 atom stereocenters. The van der Waals surface area contributed by atoms with Crippen LogP contribution in [0.2, 0.25) is 0 Å². The maximum atomic E-state index is 13.2. The van der Waals surface area contributed by atoms with E-state index in [9.17, 15) is 4.39 Å². The van der Waals surface area contributed by atoms with Crippen LogP contribution in [-0.4, -0.2) is 6.61 Å².